The highest BCUT2D eigenvalue weighted by atomic mass is 35.5. The van der Waals surface area contributed by atoms with E-state index in [9.17, 15) is 0 Å². The van der Waals surface area contributed by atoms with Gasteiger partial charge in [0.15, 0.2) is 11.5 Å². The van der Waals surface area contributed by atoms with Crippen molar-refractivity contribution in [1.29, 1.82) is 0 Å². The van der Waals surface area contributed by atoms with Crippen molar-refractivity contribution in [2.75, 3.05) is 20.8 Å². The number of hydrogen-bond acceptors (Lipinski definition) is 6. The number of rotatable bonds is 8. The normalized spacial score (nSPS) is 15.8. The summed E-state index contributed by atoms with van der Waals surface area (Å²) in [4.78, 5) is 10.1. The molecule has 36 heavy (non-hydrogen) atoms. The highest BCUT2D eigenvalue weighted by molar-refractivity contribution is 7.19. The molecule has 186 valence electrons. The lowest BCUT2D eigenvalue weighted by atomic mass is 9.95. The second-order valence-electron chi connectivity index (χ2n) is 9.60. The number of nitrogens with zero attached hydrogens (tertiary/aromatic N) is 2. The van der Waals surface area contributed by atoms with E-state index >= 15 is 0 Å². The smallest absolute Gasteiger partial charge is 0.161 e. The number of nitrogens with one attached hydrogen (secondary N) is 1. The summed E-state index contributed by atoms with van der Waals surface area (Å²) in [5.41, 5.74) is 5.75. The number of methoxy groups -OCH3 is 2. The van der Waals surface area contributed by atoms with Crippen molar-refractivity contribution in [3.8, 4) is 22.6 Å². The number of pyridine rings is 1. The summed E-state index contributed by atoms with van der Waals surface area (Å²) in [7, 11) is 3.33. The van der Waals surface area contributed by atoms with Crippen LogP contribution in [0.3, 0.4) is 0 Å². The second kappa shape index (κ2) is 10.0. The third-order valence-electron chi connectivity index (χ3n) is 7.13. The number of halogens is 1. The minimum Gasteiger partial charge on any atom is -0.493 e. The van der Waals surface area contributed by atoms with E-state index in [1.54, 1.807) is 14.2 Å². The van der Waals surface area contributed by atoms with Crippen LogP contribution >= 0.6 is 22.9 Å². The van der Waals surface area contributed by atoms with Crippen molar-refractivity contribution in [3.63, 3.8) is 0 Å². The lowest BCUT2D eigenvalue weighted by Crippen LogP contribution is -2.29. The Labute approximate surface area is 221 Å². The van der Waals surface area contributed by atoms with Gasteiger partial charge in [-0.2, -0.15) is 0 Å². The number of thiophene rings is 1. The van der Waals surface area contributed by atoms with Crippen LogP contribution in [0.25, 0.3) is 21.3 Å². The average molecular weight is 520 g/mol. The minimum absolute atomic E-state index is 0.589. The molecule has 1 fully saturated rings. The summed E-state index contributed by atoms with van der Waals surface area (Å²) in [6, 6.07) is 17.4. The SMILES string of the molecule is COc1ccc(-c2c(Cl)c(CNC3CC3)nc3sc4c(c23)CCN(Cc2ccccc2)C4)cc1OC. The average Bonchev–Trinajstić information content (AvgIpc) is 3.67. The highest BCUT2D eigenvalue weighted by Crippen LogP contribution is 2.46. The molecule has 0 radical (unpaired) electrons. The molecule has 6 rings (SSSR count). The zero-order valence-electron chi connectivity index (χ0n) is 20.6. The first-order chi connectivity index (χ1) is 17.6. The maximum absolute atomic E-state index is 7.15. The standard InChI is InChI=1S/C29H30ClN3O2S/c1-34-23-11-8-19(14-24(23)35-2)26-27-21-12-13-33(16-18-6-4-3-5-7-18)17-25(21)36-29(27)32-22(28(26)30)15-31-20-9-10-20/h3-8,11,14,20,31H,9-10,12-13,15-17H2,1-2H3. The minimum atomic E-state index is 0.589. The predicted octanol–water partition coefficient (Wildman–Crippen LogP) is 6.44. The molecular formula is C29H30ClN3O2S. The van der Waals surface area contributed by atoms with E-state index in [0.717, 1.165) is 52.7 Å². The number of fused-ring (bicyclic) bond motifs is 3. The molecule has 0 amide bonds. The first-order valence-corrected chi connectivity index (χ1v) is 13.7. The first kappa shape index (κ1) is 23.7. The fraction of sp³-hybridized carbons (Fsp3) is 0.345. The van der Waals surface area contributed by atoms with Crippen LogP contribution in [0, 0.1) is 0 Å². The van der Waals surface area contributed by atoms with E-state index in [1.807, 2.05) is 23.5 Å². The summed E-state index contributed by atoms with van der Waals surface area (Å²) in [6.45, 7) is 3.59. The van der Waals surface area contributed by atoms with Crippen molar-refractivity contribution in [2.45, 2.75) is 44.9 Å². The maximum atomic E-state index is 7.15. The third-order valence-corrected chi connectivity index (χ3v) is 8.65. The summed E-state index contributed by atoms with van der Waals surface area (Å²) >= 11 is 8.97. The Morgan fingerprint density at radius 1 is 1.08 bits per heavy atom. The Hall–Kier alpha value is -2.64. The fourth-order valence-corrected chi connectivity index (χ4v) is 6.69. The largest absolute Gasteiger partial charge is 0.493 e. The van der Waals surface area contributed by atoms with Gasteiger partial charge in [-0.25, -0.2) is 4.98 Å². The van der Waals surface area contributed by atoms with Crippen LogP contribution in [0.1, 0.15) is 34.5 Å². The van der Waals surface area contributed by atoms with Gasteiger partial charge in [-0.3, -0.25) is 4.90 Å². The van der Waals surface area contributed by atoms with Crippen LogP contribution in [0.4, 0.5) is 0 Å². The summed E-state index contributed by atoms with van der Waals surface area (Å²) in [5.74, 6) is 1.41. The molecule has 1 saturated carbocycles. The van der Waals surface area contributed by atoms with Gasteiger partial charge in [0.25, 0.3) is 0 Å². The Bertz CT molecular complexity index is 1400. The molecule has 0 bridgehead atoms. The highest BCUT2D eigenvalue weighted by Gasteiger charge is 2.28. The quantitative estimate of drug-likeness (QED) is 0.290. The number of aromatic nitrogens is 1. The molecule has 2 aliphatic rings. The lowest BCUT2D eigenvalue weighted by molar-refractivity contribution is 0.249. The van der Waals surface area contributed by atoms with Crippen molar-refractivity contribution in [1.82, 2.24) is 15.2 Å². The van der Waals surface area contributed by atoms with Gasteiger partial charge < -0.3 is 14.8 Å². The van der Waals surface area contributed by atoms with Crippen molar-refractivity contribution < 1.29 is 9.47 Å². The van der Waals surface area contributed by atoms with Crippen LogP contribution < -0.4 is 14.8 Å². The molecule has 0 spiro atoms. The molecule has 2 aromatic heterocycles. The zero-order valence-corrected chi connectivity index (χ0v) is 22.2. The Morgan fingerprint density at radius 2 is 1.89 bits per heavy atom. The summed E-state index contributed by atoms with van der Waals surface area (Å²) in [5, 5.41) is 5.53. The number of ether oxygens (including phenoxy) is 2. The molecule has 7 heteroatoms. The van der Waals surface area contributed by atoms with Gasteiger partial charge in [0.1, 0.15) is 4.83 Å². The number of benzene rings is 2. The summed E-state index contributed by atoms with van der Waals surface area (Å²) in [6.07, 6.45) is 3.44. The molecule has 4 aromatic rings. The van der Waals surface area contributed by atoms with Crippen LogP contribution in [0.2, 0.25) is 5.02 Å². The Kier molecular flexibility index (Phi) is 6.61. The van der Waals surface area contributed by atoms with Gasteiger partial charge >= 0.3 is 0 Å². The molecule has 1 N–H and O–H groups in total. The topological polar surface area (TPSA) is 46.6 Å². The van der Waals surface area contributed by atoms with Gasteiger partial charge in [-0.15, -0.1) is 11.3 Å². The molecule has 5 nitrogen and oxygen atoms in total. The Balaban J connectivity index is 1.44. The molecular weight excluding hydrogens is 490 g/mol. The molecule has 0 saturated heterocycles. The first-order valence-electron chi connectivity index (χ1n) is 12.5. The van der Waals surface area contributed by atoms with Crippen LogP contribution in [0.15, 0.2) is 48.5 Å². The molecule has 0 atom stereocenters. The molecule has 0 unspecified atom stereocenters. The number of hydrogen-bond donors (Lipinski definition) is 1. The van der Waals surface area contributed by atoms with Gasteiger partial charge in [0.05, 0.1) is 24.9 Å². The van der Waals surface area contributed by atoms with Crippen LogP contribution in [-0.2, 0) is 26.1 Å². The van der Waals surface area contributed by atoms with E-state index in [4.69, 9.17) is 26.1 Å². The van der Waals surface area contributed by atoms with Crippen molar-refractivity contribution in [2.24, 2.45) is 0 Å². The van der Waals surface area contributed by atoms with Gasteiger partial charge in [0, 0.05) is 48.0 Å². The van der Waals surface area contributed by atoms with E-state index in [1.165, 1.54) is 34.2 Å². The fourth-order valence-electron chi connectivity index (χ4n) is 5.09. The van der Waals surface area contributed by atoms with Gasteiger partial charge in [0.2, 0.25) is 0 Å². The van der Waals surface area contributed by atoms with Crippen molar-refractivity contribution >= 4 is 33.2 Å². The van der Waals surface area contributed by atoms with Crippen LogP contribution in [0.5, 0.6) is 11.5 Å². The monoisotopic (exact) mass is 519 g/mol. The summed E-state index contributed by atoms with van der Waals surface area (Å²) < 4.78 is 11.1. The second-order valence-corrected chi connectivity index (χ2v) is 11.1. The molecule has 1 aliphatic carbocycles. The van der Waals surface area contributed by atoms with Crippen LogP contribution in [-0.4, -0.2) is 36.7 Å². The van der Waals surface area contributed by atoms with E-state index in [-0.39, 0.29) is 0 Å². The van der Waals surface area contributed by atoms with E-state index in [0.29, 0.717) is 24.1 Å². The predicted molar refractivity (Wildman–Crippen MR) is 147 cm³/mol. The maximum Gasteiger partial charge on any atom is 0.161 e. The molecule has 1 aliphatic heterocycles. The lowest BCUT2D eigenvalue weighted by Gasteiger charge is -2.27. The van der Waals surface area contributed by atoms with E-state index in [2.05, 4.69) is 46.6 Å². The third kappa shape index (κ3) is 4.59. The van der Waals surface area contributed by atoms with E-state index < -0.39 is 0 Å². The van der Waals surface area contributed by atoms with Crippen molar-refractivity contribution in [3.05, 3.63) is 75.3 Å². The Morgan fingerprint density at radius 3 is 2.64 bits per heavy atom. The molecule has 2 aromatic carbocycles. The molecule has 3 heterocycles. The van der Waals surface area contributed by atoms with Gasteiger partial charge in [-0.05, 0) is 48.1 Å². The van der Waals surface area contributed by atoms with Gasteiger partial charge in [-0.1, -0.05) is 48.0 Å². The zero-order chi connectivity index (χ0) is 24.6.